The molecular weight excluding hydrogens is 568 g/mol. The Morgan fingerprint density at radius 3 is 1.91 bits per heavy atom. The third-order valence-corrected chi connectivity index (χ3v) is 10.6. The van der Waals surface area contributed by atoms with Crippen molar-refractivity contribution in [1.82, 2.24) is 0 Å². The molecule has 0 aromatic heterocycles. The molecule has 222 valence electrons. The molecule has 3 aliphatic carbocycles. The molecular formula is C38H34O5S. The third-order valence-electron chi connectivity index (χ3n) is 9.73. The van der Waals surface area contributed by atoms with Crippen molar-refractivity contribution in [2.24, 2.45) is 5.92 Å². The molecule has 0 fully saturated rings. The number of hydrogen-bond acceptors (Lipinski definition) is 4. The van der Waals surface area contributed by atoms with Crippen LogP contribution in [0.2, 0.25) is 0 Å². The Morgan fingerprint density at radius 2 is 1.32 bits per heavy atom. The van der Waals surface area contributed by atoms with Crippen molar-refractivity contribution in [3.63, 3.8) is 0 Å². The molecule has 2 unspecified atom stereocenters. The van der Waals surface area contributed by atoms with E-state index in [4.69, 9.17) is 4.74 Å². The summed E-state index contributed by atoms with van der Waals surface area (Å²) < 4.78 is 40.6. The Labute approximate surface area is 258 Å². The van der Waals surface area contributed by atoms with Gasteiger partial charge in [0.05, 0.1) is 10.8 Å². The highest BCUT2D eigenvalue weighted by Gasteiger charge is 2.54. The Bertz CT molecular complexity index is 2030. The van der Waals surface area contributed by atoms with E-state index in [0.717, 1.165) is 27.6 Å². The molecule has 0 saturated heterocycles. The Balaban J connectivity index is 1.42. The van der Waals surface area contributed by atoms with Gasteiger partial charge in [0.2, 0.25) is 0 Å². The molecule has 0 spiro atoms. The lowest BCUT2D eigenvalue weighted by Gasteiger charge is -2.50. The summed E-state index contributed by atoms with van der Waals surface area (Å²) in [6.45, 7) is 7.53. The monoisotopic (exact) mass is 602 g/mol. The van der Waals surface area contributed by atoms with E-state index < -0.39 is 16.0 Å². The molecule has 5 aromatic carbocycles. The summed E-state index contributed by atoms with van der Waals surface area (Å²) in [4.78, 5) is 14.5. The number of esters is 1. The second kappa shape index (κ2) is 10.4. The van der Waals surface area contributed by atoms with Gasteiger partial charge >= 0.3 is 5.97 Å². The first-order chi connectivity index (χ1) is 21.1. The molecule has 0 saturated carbocycles. The van der Waals surface area contributed by atoms with Crippen molar-refractivity contribution >= 4 is 26.9 Å². The number of benzene rings is 5. The number of ether oxygens (including phenoxy) is 1. The van der Waals surface area contributed by atoms with Gasteiger partial charge < -0.3 is 4.74 Å². The number of rotatable bonds is 5. The maximum atomic E-state index is 14.7. The van der Waals surface area contributed by atoms with Gasteiger partial charge in [-0.15, -0.1) is 0 Å². The van der Waals surface area contributed by atoms with Gasteiger partial charge in [-0.25, -0.2) is 0 Å². The van der Waals surface area contributed by atoms with Crippen LogP contribution in [0.5, 0.6) is 5.75 Å². The minimum absolute atomic E-state index is 0.0426. The molecule has 2 atom stereocenters. The zero-order valence-corrected chi connectivity index (χ0v) is 25.9. The molecule has 44 heavy (non-hydrogen) atoms. The van der Waals surface area contributed by atoms with E-state index in [-0.39, 0.29) is 34.5 Å². The molecule has 6 heteroatoms. The topological polar surface area (TPSA) is 80.7 Å². The first-order valence-electron chi connectivity index (χ1n) is 15.1. The molecule has 0 amide bonds. The highest BCUT2D eigenvalue weighted by atomic mass is 32.2. The van der Waals surface area contributed by atoms with Crippen LogP contribution in [0, 0.1) is 19.8 Å². The van der Waals surface area contributed by atoms with Crippen molar-refractivity contribution in [3.8, 4) is 5.75 Å². The summed E-state index contributed by atoms with van der Waals surface area (Å²) in [6, 6.07) is 32.5. The van der Waals surface area contributed by atoms with Crippen molar-refractivity contribution < 1.29 is 22.5 Å². The number of carbonyl (C=O) groups excluding carboxylic acids is 1. The molecule has 0 aliphatic heterocycles. The molecule has 0 radical (unpaired) electrons. The number of carbonyl (C=O) groups is 1. The Kier molecular flexibility index (Phi) is 6.76. The lowest BCUT2D eigenvalue weighted by Crippen LogP contribution is -2.44. The van der Waals surface area contributed by atoms with Gasteiger partial charge in [0.25, 0.3) is 10.1 Å². The highest BCUT2D eigenvalue weighted by Crippen LogP contribution is 2.62. The van der Waals surface area contributed by atoms with Gasteiger partial charge in [-0.05, 0) is 87.2 Å². The summed E-state index contributed by atoms with van der Waals surface area (Å²) in [5.41, 5.74) is 7.94. The molecule has 3 aliphatic rings. The third kappa shape index (κ3) is 4.39. The summed E-state index contributed by atoms with van der Waals surface area (Å²) in [5, 5.41) is 2.32. The predicted molar refractivity (Wildman–Crippen MR) is 172 cm³/mol. The van der Waals surface area contributed by atoms with Crippen LogP contribution in [0.1, 0.15) is 82.0 Å². The maximum absolute atomic E-state index is 14.7. The minimum atomic E-state index is -4.45. The Morgan fingerprint density at radius 1 is 0.750 bits per heavy atom. The van der Waals surface area contributed by atoms with Crippen LogP contribution >= 0.6 is 0 Å². The number of aryl methyl sites for hydroxylation is 2. The summed E-state index contributed by atoms with van der Waals surface area (Å²) in [6.07, 6.45) is 0. The summed E-state index contributed by atoms with van der Waals surface area (Å²) in [7, 11) is -4.45. The fourth-order valence-corrected chi connectivity index (χ4v) is 8.70. The van der Waals surface area contributed by atoms with E-state index >= 15 is 0 Å². The van der Waals surface area contributed by atoms with Crippen LogP contribution in [0.4, 0.5) is 0 Å². The van der Waals surface area contributed by atoms with Gasteiger partial charge in [-0.3, -0.25) is 9.35 Å². The molecule has 1 N–H and O–H groups in total. The normalized spacial score (nSPS) is 20.4. The average Bonchev–Trinajstić information content (AvgIpc) is 3.01. The van der Waals surface area contributed by atoms with Gasteiger partial charge in [-0.2, -0.15) is 8.42 Å². The van der Waals surface area contributed by atoms with Crippen LogP contribution in [0.25, 0.3) is 10.8 Å². The van der Waals surface area contributed by atoms with Crippen LogP contribution in [-0.4, -0.2) is 18.9 Å². The molecule has 2 bridgehead atoms. The van der Waals surface area contributed by atoms with Crippen molar-refractivity contribution in [2.75, 3.05) is 0 Å². The highest BCUT2D eigenvalue weighted by molar-refractivity contribution is 7.85. The fourth-order valence-electron chi connectivity index (χ4n) is 7.78. The van der Waals surface area contributed by atoms with E-state index in [0.29, 0.717) is 16.9 Å². The lowest BCUT2D eigenvalue weighted by atomic mass is 9.52. The van der Waals surface area contributed by atoms with E-state index in [1.165, 1.54) is 22.6 Å². The van der Waals surface area contributed by atoms with E-state index in [1.54, 1.807) is 13.0 Å². The van der Waals surface area contributed by atoms with Crippen LogP contribution in [0.15, 0.2) is 102 Å². The molecule has 5 nitrogen and oxygen atoms in total. The predicted octanol–water partition coefficient (Wildman–Crippen LogP) is 8.42. The molecule has 0 heterocycles. The largest absolute Gasteiger partial charge is 0.426 e. The second-order valence-electron chi connectivity index (χ2n) is 12.5. The Hall–Kier alpha value is -4.26. The smallest absolute Gasteiger partial charge is 0.315 e. The van der Waals surface area contributed by atoms with E-state index in [1.807, 2.05) is 38.1 Å². The first-order valence-corrected chi connectivity index (χ1v) is 16.5. The first kappa shape index (κ1) is 28.5. The molecule has 8 rings (SSSR count). The molecule has 5 aromatic rings. The van der Waals surface area contributed by atoms with Gasteiger partial charge in [-0.1, -0.05) is 98.8 Å². The quantitative estimate of drug-likeness (QED) is 0.124. The van der Waals surface area contributed by atoms with Crippen molar-refractivity contribution in [2.45, 2.75) is 56.3 Å². The van der Waals surface area contributed by atoms with Crippen LogP contribution < -0.4 is 4.74 Å². The van der Waals surface area contributed by atoms with E-state index in [9.17, 15) is 17.8 Å². The lowest BCUT2D eigenvalue weighted by molar-refractivity contribution is -0.141. The number of fused-ring (bicyclic) bond motifs is 2. The summed E-state index contributed by atoms with van der Waals surface area (Å²) >= 11 is 0. The standard InChI is InChI=1S/C38H34O5S/c1-21(2)31-20-32(22(3)19-33(31)44(40,41)42)43-38(39)37-35-29-15-9-7-13-27(29)34(28-14-8-10-16-30(28)35)36(37)26-18-17-24-11-5-6-12-25(24)23(26)4/h5-21,34-37H,1-4H3,(H,40,41,42). The number of hydrogen-bond donors (Lipinski definition) is 1. The minimum Gasteiger partial charge on any atom is -0.426 e. The summed E-state index contributed by atoms with van der Waals surface area (Å²) in [5.74, 6) is -1.21. The van der Waals surface area contributed by atoms with E-state index in [2.05, 4.69) is 67.6 Å². The zero-order valence-electron chi connectivity index (χ0n) is 25.1. The SMILES string of the molecule is Cc1cc(S(=O)(=O)O)c(C(C)C)cc1OC(=O)C1C2c3ccccc3C(c3ccccc32)C1c1ccc2ccccc2c1C. The maximum Gasteiger partial charge on any atom is 0.315 e. The van der Waals surface area contributed by atoms with Crippen LogP contribution in [-0.2, 0) is 14.9 Å². The van der Waals surface area contributed by atoms with Crippen molar-refractivity contribution in [1.29, 1.82) is 0 Å². The fraction of sp³-hybridized carbons (Fsp3) is 0.237. The second-order valence-corrected chi connectivity index (χ2v) is 13.9. The average molecular weight is 603 g/mol. The van der Waals surface area contributed by atoms with Crippen molar-refractivity contribution in [3.05, 3.63) is 142 Å². The van der Waals surface area contributed by atoms with Gasteiger partial charge in [0, 0.05) is 17.8 Å². The van der Waals surface area contributed by atoms with Gasteiger partial charge in [0.1, 0.15) is 5.75 Å². The van der Waals surface area contributed by atoms with Crippen LogP contribution in [0.3, 0.4) is 0 Å². The van der Waals surface area contributed by atoms with Gasteiger partial charge in [0.15, 0.2) is 0 Å². The zero-order chi connectivity index (χ0) is 30.9.